The minimum Gasteiger partial charge on any atom is -0.207 e. The molecule has 4 heteroatoms. The first-order chi connectivity index (χ1) is 6.22. The van der Waals surface area contributed by atoms with Crippen molar-refractivity contribution in [3.05, 3.63) is 34.7 Å². The van der Waals surface area contributed by atoms with Gasteiger partial charge in [-0.2, -0.15) is 0 Å². The molecule has 0 radical (unpaired) electrons. The molecule has 1 aromatic heterocycles. The van der Waals surface area contributed by atoms with Crippen LogP contribution >= 0.6 is 27.3 Å². The highest BCUT2D eigenvalue weighted by Gasteiger charge is 2.10. The highest BCUT2D eigenvalue weighted by Crippen LogP contribution is 2.31. The third-order valence-corrected chi connectivity index (χ3v) is 3.86. The van der Waals surface area contributed by atoms with Gasteiger partial charge < -0.3 is 0 Å². The molecular weight excluding hydrogens is 258 g/mol. The standard InChI is InChI=1S/C9H5BrF2S/c10-4-8-9(12)6-3-5(11)1-2-7(6)13-8/h1-3H,4H2. The Hall–Kier alpha value is -0.480. The summed E-state index contributed by atoms with van der Waals surface area (Å²) < 4.78 is 27.0. The molecule has 1 aromatic carbocycles. The molecule has 0 aliphatic carbocycles. The van der Waals surface area contributed by atoms with Crippen LogP contribution in [0, 0.1) is 11.6 Å². The summed E-state index contributed by atoms with van der Waals surface area (Å²) in [7, 11) is 0. The number of alkyl halides is 1. The Kier molecular flexibility index (Phi) is 2.34. The largest absolute Gasteiger partial charge is 0.207 e. The van der Waals surface area contributed by atoms with E-state index in [1.807, 2.05) is 0 Å². The lowest BCUT2D eigenvalue weighted by atomic mass is 10.2. The van der Waals surface area contributed by atoms with Crippen LogP contribution < -0.4 is 0 Å². The Morgan fingerprint density at radius 1 is 1.31 bits per heavy atom. The van der Waals surface area contributed by atoms with Crippen molar-refractivity contribution in [2.45, 2.75) is 5.33 Å². The number of halogens is 3. The fourth-order valence-electron chi connectivity index (χ4n) is 1.18. The van der Waals surface area contributed by atoms with Crippen LogP contribution in [-0.2, 0) is 5.33 Å². The summed E-state index contributed by atoms with van der Waals surface area (Å²) in [5, 5.41) is 0.847. The topological polar surface area (TPSA) is 0 Å². The van der Waals surface area contributed by atoms with E-state index >= 15 is 0 Å². The Bertz CT molecular complexity index is 450. The van der Waals surface area contributed by atoms with Crippen molar-refractivity contribution in [1.82, 2.24) is 0 Å². The van der Waals surface area contributed by atoms with Gasteiger partial charge in [0, 0.05) is 15.4 Å². The Morgan fingerprint density at radius 2 is 2.08 bits per heavy atom. The summed E-state index contributed by atoms with van der Waals surface area (Å²) in [5.74, 6) is -0.707. The van der Waals surface area contributed by atoms with Crippen LogP contribution in [0.4, 0.5) is 8.78 Å². The predicted octanol–water partition coefficient (Wildman–Crippen LogP) is 4.07. The molecule has 0 aliphatic rings. The zero-order chi connectivity index (χ0) is 9.42. The smallest absolute Gasteiger partial charge is 0.145 e. The predicted molar refractivity (Wildman–Crippen MR) is 54.4 cm³/mol. The van der Waals surface area contributed by atoms with Crippen LogP contribution in [0.25, 0.3) is 10.1 Å². The molecule has 68 valence electrons. The van der Waals surface area contributed by atoms with E-state index in [0.29, 0.717) is 15.6 Å². The van der Waals surface area contributed by atoms with Crippen LogP contribution in [0.5, 0.6) is 0 Å². The first-order valence-corrected chi connectivity index (χ1v) is 5.58. The molecule has 0 atom stereocenters. The molecule has 13 heavy (non-hydrogen) atoms. The molecule has 1 heterocycles. The van der Waals surface area contributed by atoms with E-state index in [-0.39, 0.29) is 5.82 Å². The lowest BCUT2D eigenvalue weighted by molar-refractivity contribution is 0.621. The lowest BCUT2D eigenvalue weighted by Crippen LogP contribution is -1.76. The van der Waals surface area contributed by atoms with Gasteiger partial charge in [-0.3, -0.25) is 0 Å². The summed E-state index contributed by atoms with van der Waals surface area (Å²) in [6.45, 7) is 0. The fourth-order valence-corrected chi connectivity index (χ4v) is 2.68. The van der Waals surface area contributed by atoms with Gasteiger partial charge in [-0.05, 0) is 18.2 Å². The molecule has 0 saturated heterocycles. The van der Waals surface area contributed by atoms with Crippen molar-refractivity contribution >= 4 is 37.4 Å². The van der Waals surface area contributed by atoms with Crippen LogP contribution in [0.1, 0.15) is 4.88 Å². The molecule has 2 rings (SSSR count). The number of fused-ring (bicyclic) bond motifs is 1. The summed E-state index contributed by atoms with van der Waals surface area (Å²) in [6, 6.07) is 4.17. The number of hydrogen-bond acceptors (Lipinski definition) is 1. The Morgan fingerprint density at radius 3 is 2.77 bits per heavy atom. The summed E-state index contributed by atoms with van der Waals surface area (Å²) >= 11 is 4.53. The first-order valence-electron chi connectivity index (χ1n) is 3.65. The maximum absolute atomic E-state index is 13.4. The van der Waals surface area contributed by atoms with Gasteiger partial charge in [-0.25, -0.2) is 8.78 Å². The van der Waals surface area contributed by atoms with Crippen LogP contribution in [0.2, 0.25) is 0 Å². The maximum Gasteiger partial charge on any atom is 0.145 e. The summed E-state index contributed by atoms with van der Waals surface area (Å²) in [5.41, 5.74) is 0. The quantitative estimate of drug-likeness (QED) is 0.680. The lowest BCUT2D eigenvalue weighted by Gasteiger charge is -1.89. The van der Waals surface area contributed by atoms with Gasteiger partial charge in [0.05, 0.1) is 4.88 Å². The van der Waals surface area contributed by atoms with E-state index in [1.54, 1.807) is 6.07 Å². The monoisotopic (exact) mass is 262 g/mol. The van der Waals surface area contributed by atoms with Gasteiger partial charge in [0.2, 0.25) is 0 Å². The normalized spacial score (nSPS) is 11.0. The van der Waals surface area contributed by atoms with Crippen LogP contribution in [0.15, 0.2) is 18.2 Å². The van der Waals surface area contributed by atoms with Gasteiger partial charge >= 0.3 is 0 Å². The van der Waals surface area contributed by atoms with E-state index in [0.717, 1.165) is 4.70 Å². The highest BCUT2D eigenvalue weighted by molar-refractivity contribution is 9.08. The van der Waals surface area contributed by atoms with Gasteiger partial charge in [0.15, 0.2) is 0 Å². The van der Waals surface area contributed by atoms with Crippen molar-refractivity contribution < 1.29 is 8.78 Å². The zero-order valence-corrected chi connectivity index (χ0v) is 8.88. The van der Waals surface area contributed by atoms with Gasteiger partial charge in [-0.1, -0.05) is 15.9 Å². The highest BCUT2D eigenvalue weighted by atomic mass is 79.9. The molecule has 0 aliphatic heterocycles. The van der Waals surface area contributed by atoms with Gasteiger partial charge in [0.25, 0.3) is 0 Å². The van der Waals surface area contributed by atoms with Gasteiger partial charge in [0.1, 0.15) is 11.6 Å². The van der Waals surface area contributed by atoms with E-state index in [1.165, 1.54) is 23.5 Å². The van der Waals surface area contributed by atoms with E-state index in [2.05, 4.69) is 15.9 Å². The summed E-state index contributed by atoms with van der Waals surface area (Å²) in [6.07, 6.45) is 0. The van der Waals surface area contributed by atoms with E-state index in [4.69, 9.17) is 0 Å². The van der Waals surface area contributed by atoms with E-state index in [9.17, 15) is 8.78 Å². The molecule has 0 nitrogen and oxygen atoms in total. The van der Waals surface area contributed by atoms with Crippen molar-refractivity contribution in [1.29, 1.82) is 0 Å². The number of thiophene rings is 1. The molecule has 0 fully saturated rings. The Balaban J connectivity index is 2.77. The zero-order valence-electron chi connectivity index (χ0n) is 6.48. The van der Waals surface area contributed by atoms with Crippen LogP contribution in [0.3, 0.4) is 0 Å². The third-order valence-electron chi connectivity index (χ3n) is 1.78. The maximum atomic E-state index is 13.4. The first kappa shape index (κ1) is 9.09. The number of hydrogen-bond donors (Lipinski definition) is 0. The average Bonchev–Trinajstić information content (AvgIpc) is 2.44. The Labute approximate surface area is 86.3 Å². The molecule has 0 saturated carbocycles. The molecule has 0 N–H and O–H groups in total. The molecule has 0 bridgehead atoms. The fraction of sp³-hybridized carbons (Fsp3) is 0.111. The van der Waals surface area contributed by atoms with E-state index < -0.39 is 5.82 Å². The minimum atomic E-state index is -0.398. The SMILES string of the molecule is Fc1ccc2sc(CBr)c(F)c2c1. The minimum absolute atomic E-state index is 0.309. The average molecular weight is 263 g/mol. The number of rotatable bonds is 1. The molecule has 0 amide bonds. The molecule has 2 aromatic rings. The van der Waals surface area contributed by atoms with Crippen molar-refractivity contribution in [2.75, 3.05) is 0 Å². The second-order valence-electron chi connectivity index (χ2n) is 2.61. The van der Waals surface area contributed by atoms with Crippen LogP contribution in [-0.4, -0.2) is 0 Å². The second kappa shape index (κ2) is 3.35. The van der Waals surface area contributed by atoms with Crippen molar-refractivity contribution in [3.63, 3.8) is 0 Å². The number of benzene rings is 1. The van der Waals surface area contributed by atoms with Gasteiger partial charge in [-0.15, -0.1) is 11.3 Å². The molecule has 0 unspecified atom stereocenters. The molecule has 0 spiro atoms. The van der Waals surface area contributed by atoms with Crippen molar-refractivity contribution in [3.8, 4) is 0 Å². The summed E-state index contributed by atoms with van der Waals surface area (Å²) in [4.78, 5) is 0.612. The second-order valence-corrected chi connectivity index (χ2v) is 4.31. The molecular formula is C9H5BrF2S. The third kappa shape index (κ3) is 1.48. The van der Waals surface area contributed by atoms with Crippen molar-refractivity contribution in [2.24, 2.45) is 0 Å².